The fourth-order valence-corrected chi connectivity index (χ4v) is 2.70. The third-order valence-corrected chi connectivity index (χ3v) is 4.02. The lowest BCUT2D eigenvalue weighted by atomic mass is 9.89. The zero-order chi connectivity index (χ0) is 14.5. The largest absolute Gasteiger partial charge is 0.296 e. The van der Waals surface area contributed by atoms with Gasteiger partial charge in [0.1, 0.15) is 0 Å². The van der Waals surface area contributed by atoms with E-state index in [4.69, 9.17) is 5.21 Å². The minimum Gasteiger partial charge on any atom is -0.296 e. The molecule has 2 aliphatic rings. The van der Waals surface area contributed by atoms with Gasteiger partial charge < -0.3 is 0 Å². The van der Waals surface area contributed by atoms with Crippen molar-refractivity contribution in [1.29, 1.82) is 0 Å². The first-order valence-electron chi connectivity index (χ1n) is 7.44. The summed E-state index contributed by atoms with van der Waals surface area (Å²) in [7, 11) is 0. The Morgan fingerprint density at radius 1 is 1.50 bits per heavy atom. The van der Waals surface area contributed by atoms with Gasteiger partial charge in [-0.25, -0.2) is 5.48 Å². The number of hydroxylamine groups is 1. The first-order chi connectivity index (χ1) is 9.78. The summed E-state index contributed by atoms with van der Waals surface area (Å²) < 4.78 is 0. The fourth-order valence-electron chi connectivity index (χ4n) is 2.70. The summed E-state index contributed by atoms with van der Waals surface area (Å²) in [6, 6.07) is 2.56. The molecule has 0 bridgehead atoms. The van der Waals surface area contributed by atoms with Crippen LogP contribution in [0.3, 0.4) is 0 Å². The van der Waals surface area contributed by atoms with Crippen LogP contribution in [0.5, 0.6) is 0 Å². The van der Waals surface area contributed by atoms with Gasteiger partial charge in [-0.2, -0.15) is 0 Å². The second-order valence-electron chi connectivity index (χ2n) is 5.08. The summed E-state index contributed by atoms with van der Waals surface area (Å²) in [6.45, 7) is 5.94. The standard InChI is InChI=1S/C13H17N3O2.C2H6.2H2/c17-13(15-18)9-6-10-8-16(11-2-1-3-11)5-4-12(10)14-7-9;1-2;;/h6-7,11,18H,1-5,8H2,(H,15,17);1-2H3;2*1H. The van der Waals surface area contributed by atoms with Crippen LogP contribution in [0.4, 0.5) is 0 Å². The highest BCUT2D eigenvalue weighted by atomic mass is 16.5. The molecule has 1 aliphatic heterocycles. The van der Waals surface area contributed by atoms with E-state index in [0.717, 1.165) is 30.8 Å². The number of nitrogens with zero attached hydrogens (tertiary/aromatic N) is 2. The van der Waals surface area contributed by atoms with Gasteiger partial charge in [0.2, 0.25) is 0 Å². The minimum atomic E-state index is -0.494. The predicted molar refractivity (Wildman–Crippen MR) is 80.8 cm³/mol. The number of carbonyl (C=O) groups is 1. The van der Waals surface area contributed by atoms with Gasteiger partial charge >= 0.3 is 0 Å². The van der Waals surface area contributed by atoms with E-state index in [0.29, 0.717) is 11.6 Å². The summed E-state index contributed by atoms with van der Waals surface area (Å²) in [5.74, 6) is -0.494. The van der Waals surface area contributed by atoms with Crippen LogP contribution < -0.4 is 5.48 Å². The van der Waals surface area contributed by atoms with Crippen LogP contribution in [0.2, 0.25) is 0 Å². The van der Waals surface area contributed by atoms with Gasteiger partial charge in [0, 0.05) is 40.3 Å². The molecule has 1 aromatic rings. The molecule has 1 aromatic heterocycles. The van der Waals surface area contributed by atoms with Crippen molar-refractivity contribution in [3.63, 3.8) is 0 Å². The number of pyridine rings is 1. The van der Waals surface area contributed by atoms with Gasteiger partial charge in [0.05, 0.1) is 5.56 Å². The molecule has 2 heterocycles. The summed E-state index contributed by atoms with van der Waals surface area (Å²) in [5, 5.41) is 8.64. The molecular weight excluding hydrogens is 254 g/mol. The lowest BCUT2D eigenvalue weighted by Crippen LogP contribution is -2.43. The lowest BCUT2D eigenvalue weighted by molar-refractivity contribution is 0.0705. The van der Waals surface area contributed by atoms with E-state index in [1.807, 2.05) is 19.9 Å². The van der Waals surface area contributed by atoms with Gasteiger partial charge in [-0.3, -0.25) is 19.9 Å². The minimum absolute atomic E-state index is 0. The summed E-state index contributed by atoms with van der Waals surface area (Å²) in [6.07, 6.45) is 6.40. The highest BCUT2D eigenvalue weighted by molar-refractivity contribution is 5.93. The molecule has 2 N–H and O–H groups in total. The molecule has 0 saturated heterocycles. The lowest BCUT2D eigenvalue weighted by Gasteiger charge is -2.40. The van der Waals surface area contributed by atoms with E-state index in [1.54, 1.807) is 5.48 Å². The number of aromatic nitrogens is 1. The second-order valence-corrected chi connectivity index (χ2v) is 5.08. The molecule has 5 nitrogen and oxygen atoms in total. The number of hydrogen-bond acceptors (Lipinski definition) is 4. The van der Waals surface area contributed by atoms with E-state index in [2.05, 4.69) is 9.88 Å². The summed E-state index contributed by atoms with van der Waals surface area (Å²) in [4.78, 5) is 18.2. The number of carbonyl (C=O) groups excluding carboxylic acids is 1. The average Bonchev–Trinajstić information content (AvgIpc) is 2.46. The maximum atomic E-state index is 11.4. The molecule has 20 heavy (non-hydrogen) atoms. The molecule has 1 saturated carbocycles. The van der Waals surface area contributed by atoms with Crippen molar-refractivity contribution in [2.24, 2.45) is 0 Å². The van der Waals surface area contributed by atoms with Gasteiger partial charge in [0.25, 0.3) is 5.91 Å². The Morgan fingerprint density at radius 2 is 2.25 bits per heavy atom. The van der Waals surface area contributed by atoms with Gasteiger partial charge in [-0.15, -0.1) is 0 Å². The highest BCUT2D eigenvalue weighted by Gasteiger charge is 2.28. The molecule has 114 valence electrons. The smallest absolute Gasteiger partial charge is 0.276 e. The Kier molecular flexibility index (Phi) is 5.09. The Labute approximate surface area is 122 Å². The van der Waals surface area contributed by atoms with Crippen LogP contribution in [0.15, 0.2) is 12.3 Å². The first-order valence-corrected chi connectivity index (χ1v) is 7.44. The first kappa shape index (κ1) is 14.9. The van der Waals surface area contributed by atoms with Crippen LogP contribution in [0, 0.1) is 0 Å². The molecule has 1 fully saturated rings. The van der Waals surface area contributed by atoms with Crippen molar-refractivity contribution in [1.82, 2.24) is 15.4 Å². The van der Waals surface area contributed by atoms with E-state index in [1.165, 1.54) is 25.5 Å². The average molecular weight is 281 g/mol. The van der Waals surface area contributed by atoms with Crippen LogP contribution in [0.1, 0.15) is 57.6 Å². The zero-order valence-corrected chi connectivity index (χ0v) is 12.2. The molecule has 0 radical (unpaired) electrons. The molecular formula is C15H27N3O2. The quantitative estimate of drug-likeness (QED) is 0.646. The third-order valence-electron chi connectivity index (χ3n) is 4.02. The van der Waals surface area contributed by atoms with Crippen molar-refractivity contribution < 1.29 is 12.9 Å². The maximum absolute atomic E-state index is 11.4. The predicted octanol–water partition coefficient (Wildman–Crippen LogP) is 2.63. The number of nitrogens with one attached hydrogen (secondary N) is 1. The van der Waals surface area contributed by atoms with E-state index in [9.17, 15) is 4.79 Å². The molecule has 3 rings (SSSR count). The van der Waals surface area contributed by atoms with Gasteiger partial charge in [-0.05, 0) is 24.5 Å². The van der Waals surface area contributed by atoms with Crippen LogP contribution in [0.25, 0.3) is 0 Å². The van der Waals surface area contributed by atoms with Crippen molar-refractivity contribution in [3.8, 4) is 0 Å². The molecule has 0 atom stereocenters. The maximum Gasteiger partial charge on any atom is 0.276 e. The molecule has 0 unspecified atom stereocenters. The summed E-state index contributed by atoms with van der Waals surface area (Å²) in [5.41, 5.74) is 4.28. The van der Waals surface area contributed by atoms with E-state index in [-0.39, 0.29) is 2.85 Å². The molecule has 0 aromatic carbocycles. The number of amides is 1. The Balaban J connectivity index is 0.00000106. The zero-order valence-electron chi connectivity index (χ0n) is 12.2. The Bertz CT molecular complexity index is 482. The highest BCUT2D eigenvalue weighted by Crippen LogP contribution is 2.29. The normalized spacial score (nSPS) is 18.4. The number of hydrogen-bond donors (Lipinski definition) is 2. The topological polar surface area (TPSA) is 65.5 Å². The van der Waals surface area contributed by atoms with E-state index < -0.39 is 5.91 Å². The van der Waals surface area contributed by atoms with Crippen molar-refractivity contribution >= 4 is 5.91 Å². The molecule has 0 spiro atoms. The van der Waals surface area contributed by atoms with E-state index >= 15 is 0 Å². The van der Waals surface area contributed by atoms with Crippen molar-refractivity contribution in [2.45, 2.75) is 52.1 Å². The van der Waals surface area contributed by atoms with Gasteiger partial charge in [-0.1, -0.05) is 20.3 Å². The fraction of sp³-hybridized carbons (Fsp3) is 0.600. The Hall–Kier alpha value is -1.46. The van der Waals surface area contributed by atoms with Crippen molar-refractivity contribution in [3.05, 3.63) is 29.1 Å². The van der Waals surface area contributed by atoms with Crippen LogP contribution in [-0.4, -0.2) is 33.6 Å². The summed E-state index contributed by atoms with van der Waals surface area (Å²) >= 11 is 0. The molecule has 1 aliphatic carbocycles. The van der Waals surface area contributed by atoms with Gasteiger partial charge in [0.15, 0.2) is 0 Å². The van der Waals surface area contributed by atoms with Crippen LogP contribution >= 0.6 is 0 Å². The number of fused-ring (bicyclic) bond motifs is 1. The monoisotopic (exact) mass is 281 g/mol. The molecule has 1 amide bonds. The Morgan fingerprint density at radius 3 is 2.85 bits per heavy atom. The van der Waals surface area contributed by atoms with Crippen LogP contribution in [-0.2, 0) is 13.0 Å². The SMILES string of the molecule is CC.O=C(NO)c1cnc2c(c1)CN(C1CCC1)CC2.[HH].[HH]. The second kappa shape index (κ2) is 6.81. The number of rotatable bonds is 2. The van der Waals surface area contributed by atoms with Crippen molar-refractivity contribution in [2.75, 3.05) is 6.54 Å². The third kappa shape index (κ3) is 2.99. The molecule has 5 heteroatoms.